The molecule has 1 aliphatic carbocycles. The van der Waals surface area contributed by atoms with E-state index < -0.39 is 5.97 Å². The molecule has 0 saturated heterocycles. The predicted octanol–water partition coefficient (Wildman–Crippen LogP) is 3.79. The summed E-state index contributed by atoms with van der Waals surface area (Å²) < 4.78 is 0. The fourth-order valence-electron chi connectivity index (χ4n) is 2.49. The van der Waals surface area contributed by atoms with Gasteiger partial charge in [0.25, 0.3) is 0 Å². The molecule has 0 radical (unpaired) electrons. The molecular weight excluding hydrogens is 274 g/mol. The van der Waals surface area contributed by atoms with Crippen molar-refractivity contribution in [1.29, 1.82) is 0 Å². The van der Waals surface area contributed by atoms with Gasteiger partial charge in [-0.15, -0.1) is 12.4 Å². The Kier molecular flexibility index (Phi) is 7.34. The van der Waals surface area contributed by atoms with Crippen LogP contribution in [0.5, 0.6) is 0 Å². The summed E-state index contributed by atoms with van der Waals surface area (Å²) in [6.07, 6.45) is 8.52. The largest absolute Gasteiger partial charge is 0.478 e. The van der Waals surface area contributed by atoms with E-state index in [0.717, 1.165) is 18.5 Å². The molecule has 1 aliphatic rings. The number of carboxylic acids is 1. The van der Waals surface area contributed by atoms with E-state index in [1.165, 1.54) is 25.7 Å². The Morgan fingerprint density at radius 1 is 1.25 bits per heavy atom. The number of hydrogen-bond donors (Lipinski definition) is 2. The maximum atomic E-state index is 11.1. The van der Waals surface area contributed by atoms with Crippen molar-refractivity contribution >= 4 is 18.4 Å². The molecule has 0 fully saturated rings. The van der Waals surface area contributed by atoms with Crippen LogP contribution in [-0.2, 0) is 6.54 Å². The van der Waals surface area contributed by atoms with Crippen molar-refractivity contribution in [2.24, 2.45) is 0 Å². The van der Waals surface area contributed by atoms with Gasteiger partial charge < -0.3 is 10.4 Å². The number of benzene rings is 1. The van der Waals surface area contributed by atoms with Crippen LogP contribution in [0.3, 0.4) is 0 Å². The van der Waals surface area contributed by atoms with Crippen molar-refractivity contribution in [1.82, 2.24) is 5.32 Å². The first-order chi connectivity index (χ1) is 9.27. The summed E-state index contributed by atoms with van der Waals surface area (Å²) in [6, 6.07) is 7.17. The van der Waals surface area contributed by atoms with E-state index in [1.54, 1.807) is 17.7 Å². The average molecular weight is 296 g/mol. The molecule has 20 heavy (non-hydrogen) atoms. The smallest absolute Gasteiger partial charge is 0.336 e. The SMILES string of the molecule is Cl.O=C(O)c1ccccc1CNCCC1=CCCCC1. The van der Waals surface area contributed by atoms with Crippen LogP contribution in [0.4, 0.5) is 0 Å². The second kappa shape index (κ2) is 8.77. The van der Waals surface area contributed by atoms with Gasteiger partial charge in [-0.3, -0.25) is 0 Å². The van der Waals surface area contributed by atoms with E-state index in [9.17, 15) is 4.79 Å². The summed E-state index contributed by atoms with van der Waals surface area (Å²) >= 11 is 0. The van der Waals surface area contributed by atoms with Crippen LogP contribution in [0, 0.1) is 0 Å². The Hall–Kier alpha value is -1.32. The highest BCUT2D eigenvalue weighted by Gasteiger charge is 2.08. The van der Waals surface area contributed by atoms with Gasteiger partial charge in [-0.25, -0.2) is 4.79 Å². The fourth-order valence-corrected chi connectivity index (χ4v) is 2.49. The van der Waals surface area contributed by atoms with Gasteiger partial charge in [0.15, 0.2) is 0 Å². The summed E-state index contributed by atoms with van der Waals surface area (Å²) in [4.78, 5) is 11.1. The van der Waals surface area contributed by atoms with Crippen molar-refractivity contribution < 1.29 is 9.90 Å². The lowest BCUT2D eigenvalue weighted by molar-refractivity contribution is 0.0695. The van der Waals surface area contributed by atoms with Crippen molar-refractivity contribution in [3.8, 4) is 0 Å². The first-order valence-corrected chi connectivity index (χ1v) is 6.97. The van der Waals surface area contributed by atoms with E-state index in [-0.39, 0.29) is 12.4 Å². The number of aromatic carboxylic acids is 1. The van der Waals surface area contributed by atoms with Gasteiger partial charge >= 0.3 is 5.97 Å². The van der Waals surface area contributed by atoms with Crippen molar-refractivity contribution in [3.05, 3.63) is 47.0 Å². The van der Waals surface area contributed by atoms with Gasteiger partial charge in [-0.05, 0) is 50.3 Å². The topological polar surface area (TPSA) is 49.3 Å². The molecular formula is C16H22ClNO2. The summed E-state index contributed by atoms with van der Waals surface area (Å²) in [6.45, 7) is 1.54. The Balaban J connectivity index is 0.00000200. The van der Waals surface area contributed by atoms with Gasteiger partial charge in [0.2, 0.25) is 0 Å². The molecule has 0 heterocycles. The minimum atomic E-state index is -0.854. The standard InChI is InChI=1S/C16H21NO2.ClH/c18-16(19)15-9-5-4-8-14(15)12-17-11-10-13-6-2-1-3-7-13;/h4-6,8-9,17H,1-3,7,10-12H2,(H,18,19);1H. The minimum Gasteiger partial charge on any atom is -0.478 e. The normalized spacial score (nSPS) is 14.3. The Labute approximate surface area is 126 Å². The quantitative estimate of drug-likeness (QED) is 0.620. The number of nitrogens with one attached hydrogen (secondary N) is 1. The predicted molar refractivity (Wildman–Crippen MR) is 83.5 cm³/mol. The van der Waals surface area contributed by atoms with Crippen LogP contribution in [0.2, 0.25) is 0 Å². The Bertz CT molecular complexity index is 471. The molecule has 0 aromatic heterocycles. The molecule has 2 N–H and O–H groups in total. The zero-order chi connectivity index (χ0) is 13.5. The molecule has 0 spiro atoms. The maximum Gasteiger partial charge on any atom is 0.336 e. The molecule has 0 saturated carbocycles. The van der Waals surface area contributed by atoms with E-state index in [1.807, 2.05) is 12.1 Å². The highest BCUT2D eigenvalue weighted by atomic mass is 35.5. The summed E-state index contributed by atoms with van der Waals surface area (Å²) in [5.41, 5.74) is 2.80. The van der Waals surface area contributed by atoms with Gasteiger partial charge in [0, 0.05) is 6.54 Å². The molecule has 0 aliphatic heterocycles. The lowest BCUT2D eigenvalue weighted by Crippen LogP contribution is -2.17. The van der Waals surface area contributed by atoms with Crippen LogP contribution >= 0.6 is 12.4 Å². The summed E-state index contributed by atoms with van der Waals surface area (Å²) in [5, 5.41) is 12.4. The van der Waals surface area contributed by atoms with Crippen molar-refractivity contribution in [2.45, 2.75) is 38.6 Å². The third kappa shape index (κ3) is 4.99. The molecule has 0 bridgehead atoms. The maximum absolute atomic E-state index is 11.1. The summed E-state index contributed by atoms with van der Waals surface area (Å²) in [5.74, 6) is -0.854. The summed E-state index contributed by atoms with van der Waals surface area (Å²) in [7, 11) is 0. The number of allylic oxidation sites excluding steroid dienone is 1. The zero-order valence-corrected chi connectivity index (χ0v) is 12.4. The lowest BCUT2D eigenvalue weighted by atomic mass is 9.97. The van der Waals surface area contributed by atoms with Gasteiger partial charge in [0.1, 0.15) is 0 Å². The molecule has 2 rings (SSSR count). The zero-order valence-electron chi connectivity index (χ0n) is 11.6. The molecule has 0 atom stereocenters. The molecule has 0 unspecified atom stereocenters. The Morgan fingerprint density at radius 2 is 2.05 bits per heavy atom. The van der Waals surface area contributed by atoms with Gasteiger partial charge in [0.05, 0.1) is 5.56 Å². The van der Waals surface area contributed by atoms with E-state index >= 15 is 0 Å². The lowest BCUT2D eigenvalue weighted by Gasteiger charge is -2.13. The number of halogens is 1. The fraction of sp³-hybridized carbons (Fsp3) is 0.438. The Morgan fingerprint density at radius 3 is 2.75 bits per heavy atom. The molecule has 1 aromatic carbocycles. The number of carbonyl (C=O) groups is 1. The van der Waals surface area contributed by atoms with E-state index in [2.05, 4.69) is 11.4 Å². The number of carboxylic acid groups (broad SMARTS) is 1. The second-order valence-corrected chi connectivity index (χ2v) is 5.00. The molecule has 110 valence electrons. The molecule has 4 heteroatoms. The minimum absolute atomic E-state index is 0. The molecule has 0 amide bonds. The van der Waals surface area contributed by atoms with E-state index in [0.29, 0.717) is 12.1 Å². The van der Waals surface area contributed by atoms with Crippen LogP contribution in [0.25, 0.3) is 0 Å². The van der Waals surface area contributed by atoms with Crippen LogP contribution in [0.15, 0.2) is 35.9 Å². The molecule has 3 nitrogen and oxygen atoms in total. The van der Waals surface area contributed by atoms with Crippen molar-refractivity contribution in [3.63, 3.8) is 0 Å². The highest BCUT2D eigenvalue weighted by Crippen LogP contribution is 2.19. The monoisotopic (exact) mass is 295 g/mol. The van der Waals surface area contributed by atoms with Gasteiger partial charge in [-0.1, -0.05) is 29.8 Å². The average Bonchev–Trinajstić information content (AvgIpc) is 2.45. The van der Waals surface area contributed by atoms with Crippen LogP contribution in [0.1, 0.15) is 48.0 Å². The van der Waals surface area contributed by atoms with Gasteiger partial charge in [-0.2, -0.15) is 0 Å². The first-order valence-electron chi connectivity index (χ1n) is 6.97. The van der Waals surface area contributed by atoms with E-state index in [4.69, 9.17) is 5.11 Å². The highest BCUT2D eigenvalue weighted by molar-refractivity contribution is 5.89. The first kappa shape index (κ1) is 16.7. The third-order valence-corrected chi connectivity index (χ3v) is 3.57. The molecule has 1 aromatic rings. The third-order valence-electron chi connectivity index (χ3n) is 3.57. The van der Waals surface area contributed by atoms with Crippen LogP contribution < -0.4 is 5.32 Å². The second-order valence-electron chi connectivity index (χ2n) is 5.00. The van der Waals surface area contributed by atoms with Crippen molar-refractivity contribution in [2.75, 3.05) is 6.54 Å². The van der Waals surface area contributed by atoms with Crippen LogP contribution in [-0.4, -0.2) is 17.6 Å². The number of hydrogen-bond acceptors (Lipinski definition) is 2. The number of rotatable bonds is 6.